The second kappa shape index (κ2) is 12.3. The van der Waals surface area contributed by atoms with Gasteiger partial charge in [-0.2, -0.15) is 0 Å². The number of nitrogens with zero attached hydrogens (tertiary/aromatic N) is 5. The third-order valence-corrected chi connectivity index (χ3v) is 8.69. The molecule has 41 heavy (non-hydrogen) atoms. The molecule has 3 heterocycles. The highest BCUT2D eigenvalue weighted by atomic mass is 35.5. The van der Waals surface area contributed by atoms with E-state index in [-0.39, 0.29) is 30.1 Å². The Bertz CT molecular complexity index is 1460. The van der Waals surface area contributed by atoms with Crippen LogP contribution in [0.5, 0.6) is 0 Å². The van der Waals surface area contributed by atoms with E-state index in [4.69, 9.17) is 32.6 Å². The smallest absolute Gasteiger partial charge is 0.410 e. The molecule has 1 N–H and O–H groups in total. The first kappa shape index (κ1) is 30.7. The van der Waals surface area contributed by atoms with Crippen molar-refractivity contribution in [1.82, 2.24) is 19.4 Å². The number of anilines is 1. The van der Waals surface area contributed by atoms with Gasteiger partial charge in [-0.1, -0.05) is 43.4 Å². The van der Waals surface area contributed by atoms with Crippen molar-refractivity contribution in [1.29, 1.82) is 0 Å². The van der Waals surface area contributed by atoms with Gasteiger partial charge in [-0.05, 0) is 39.7 Å². The molecule has 1 aliphatic rings. The van der Waals surface area contributed by atoms with E-state index < -0.39 is 19.5 Å². The van der Waals surface area contributed by atoms with Crippen LogP contribution < -0.4 is 5.32 Å². The van der Waals surface area contributed by atoms with E-state index in [0.717, 1.165) is 18.9 Å². The van der Waals surface area contributed by atoms with Crippen LogP contribution in [0.1, 0.15) is 33.6 Å². The van der Waals surface area contributed by atoms with Crippen LogP contribution in [-0.4, -0.2) is 64.9 Å². The number of hydrogen-bond donors (Lipinski definition) is 1. The molecule has 4 rings (SSSR count). The maximum atomic E-state index is 15.4. The number of carbonyl (C=O) groups excluding carboxylic acids is 1. The minimum Gasteiger partial charge on any atom is -0.444 e. The van der Waals surface area contributed by atoms with Gasteiger partial charge >= 0.3 is 6.09 Å². The first-order valence-corrected chi connectivity index (χ1v) is 17.9. The fourth-order valence-corrected chi connectivity index (χ4v) is 5.61. The summed E-state index contributed by atoms with van der Waals surface area (Å²) in [5.41, 5.74) is 0.682. The summed E-state index contributed by atoms with van der Waals surface area (Å²) in [6.07, 6.45) is 4.57. The molecule has 0 radical (unpaired) electrons. The monoisotopic (exact) mass is 600 g/mol. The zero-order valence-electron chi connectivity index (χ0n) is 24.6. The zero-order chi connectivity index (χ0) is 29.9. The van der Waals surface area contributed by atoms with Gasteiger partial charge in [-0.15, -0.1) is 0 Å². The highest BCUT2D eigenvalue weighted by Gasteiger charge is 2.28. The van der Waals surface area contributed by atoms with Crippen LogP contribution in [0.2, 0.25) is 30.7 Å². The molecule has 3 aromatic rings. The predicted molar refractivity (Wildman–Crippen MR) is 163 cm³/mol. The van der Waals surface area contributed by atoms with Gasteiger partial charge in [0.1, 0.15) is 12.3 Å². The Morgan fingerprint density at radius 3 is 2.76 bits per heavy atom. The van der Waals surface area contributed by atoms with E-state index in [1.165, 1.54) is 12.3 Å². The van der Waals surface area contributed by atoms with Gasteiger partial charge in [0, 0.05) is 51.0 Å². The molecule has 0 aliphatic carbocycles. The number of fused-ring (bicyclic) bond motifs is 1. The molecule has 0 spiro atoms. The molecule has 0 bridgehead atoms. The summed E-state index contributed by atoms with van der Waals surface area (Å²) in [7, 11) is -1.29. The summed E-state index contributed by atoms with van der Waals surface area (Å²) >= 11 is 6.58. The molecule has 1 amide bonds. The maximum Gasteiger partial charge on any atom is 0.410 e. The van der Waals surface area contributed by atoms with Crippen LogP contribution in [-0.2, 0) is 16.2 Å². The molecule has 1 aliphatic heterocycles. The molecule has 220 valence electrons. The number of hydrogen-bond acceptors (Lipinski definition) is 6. The lowest BCUT2D eigenvalue weighted by atomic mass is 10.1. The van der Waals surface area contributed by atoms with E-state index >= 15 is 4.39 Å². The first-order valence-electron chi connectivity index (χ1n) is 13.8. The van der Waals surface area contributed by atoms with Gasteiger partial charge in [0.25, 0.3) is 0 Å². The lowest BCUT2D eigenvalue weighted by Gasteiger charge is -2.34. The van der Waals surface area contributed by atoms with Crippen molar-refractivity contribution in [3.05, 3.63) is 46.8 Å². The van der Waals surface area contributed by atoms with Crippen molar-refractivity contribution in [2.24, 2.45) is 0 Å². The fraction of sp³-hybridized carbons (Fsp3) is 0.517. The number of piperidine rings is 1. The van der Waals surface area contributed by atoms with Gasteiger partial charge in [0.05, 0.1) is 29.0 Å². The van der Waals surface area contributed by atoms with E-state index in [2.05, 4.69) is 34.8 Å². The number of aromatic nitrogens is 3. The van der Waals surface area contributed by atoms with Crippen molar-refractivity contribution in [3.63, 3.8) is 0 Å². The first-order chi connectivity index (χ1) is 19.3. The topological polar surface area (TPSA) is 85.9 Å². The Kier molecular flexibility index (Phi) is 9.26. The number of amides is 1. The van der Waals surface area contributed by atoms with Crippen LogP contribution in [0.25, 0.3) is 27.0 Å². The summed E-state index contributed by atoms with van der Waals surface area (Å²) < 4.78 is 28.6. The lowest BCUT2D eigenvalue weighted by Crippen LogP contribution is -2.47. The molecule has 0 unspecified atom stereocenters. The van der Waals surface area contributed by atoms with Gasteiger partial charge in [-0.3, -0.25) is 0 Å². The molecule has 9 nitrogen and oxygen atoms in total. The van der Waals surface area contributed by atoms with Gasteiger partial charge in [0.2, 0.25) is 11.6 Å². The number of carbonyl (C=O) groups is 1. The van der Waals surface area contributed by atoms with E-state index in [9.17, 15) is 4.79 Å². The summed E-state index contributed by atoms with van der Waals surface area (Å²) in [6.45, 7) is 21.5. The molecule has 1 aromatic carbocycles. The number of benzene rings is 1. The van der Waals surface area contributed by atoms with Crippen LogP contribution in [0.15, 0.2) is 24.5 Å². The zero-order valence-corrected chi connectivity index (χ0v) is 26.3. The number of rotatable bonds is 8. The average Bonchev–Trinajstić information content (AvgIpc) is 3.26. The van der Waals surface area contributed by atoms with E-state index in [1.807, 2.05) is 20.8 Å². The maximum absolute atomic E-state index is 15.4. The third-order valence-electron chi connectivity index (χ3n) is 6.71. The minimum absolute atomic E-state index is 0.0616. The van der Waals surface area contributed by atoms with Crippen molar-refractivity contribution < 1.29 is 18.7 Å². The average molecular weight is 601 g/mol. The second-order valence-electron chi connectivity index (χ2n) is 12.6. The van der Waals surface area contributed by atoms with E-state index in [1.54, 1.807) is 21.7 Å². The molecule has 1 saturated heterocycles. The largest absolute Gasteiger partial charge is 0.444 e. The summed E-state index contributed by atoms with van der Waals surface area (Å²) in [5, 5.41) is 4.22. The molecule has 1 atom stereocenters. The fourth-order valence-electron chi connectivity index (χ4n) is 4.66. The molecule has 12 heteroatoms. The number of ether oxygens (including phenoxy) is 2. The summed E-state index contributed by atoms with van der Waals surface area (Å²) in [4.78, 5) is 26.7. The van der Waals surface area contributed by atoms with Gasteiger partial charge in [-0.25, -0.2) is 24.0 Å². The number of halogens is 2. The minimum atomic E-state index is -1.29. The summed E-state index contributed by atoms with van der Waals surface area (Å²) in [5.74, 6) is -0.253. The quantitative estimate of drug-likeness (QED) is 0.163. The predicted octanol–water partition coefficient (Wildman–Crippen LogP) is 7.57. The van der Waals surface area contributed by atoms with E-state index in [0.29, 0.717) is 47.3 Å². The SMILES string of the molecule is [C-]#[N+]c1ccc2c(-c3nc(N[C@H]4CCCN(C(=O)OC(C)(C)C)C4)ncc3Cl)cn(COCC[Si](C)(C)C)c2c1F. The number of nitrogens with one attached hydrogen (secondary N) is 1. The Balaban J connectivity index is 1.61. The highest BCUT2D eigenvalue weighted by Crippen LogP contribution is 2.38. The number of likely N-dealkylation sites (tertiary alicyclic amines) is 1. The second-order valence-corrected chi connectivity index (χ2v) is 18.6. The Morgan fingerprint density at radius 2 is 2.07 bits per heavy atom. The lowest BCUT2D eigenvalue weighted by molar-refractivity contribution is 0.0206. The molecular formula is C29H38ClFN6O3Si. The Labute approximate surface area is 246 Å². The van der Waals surface area contributed by atoms with Gasteiger partial charge in [0.15, 0.2) is 5.82 Å². The van der Waals surface area contributed by atoms with Crippen LogP contribution in [0.4, 0.5) is 20.8 Å². The Hall–Kier alpha value is -3.20. The normalized spacial score (nSPS) is 16.1. The molecular weight excluding hydrogens is 563 g/mol. The third kappa shape index (κ3) is 7.76. The van der Waals surface area contributed by atoms with Crippen LogP contribution in [0, 0.1) is 12.4 Å². The molecule has 0 saturated carbocycles. The van der Waals surface area contributed by atoms with Gasteiger partial charge < -0.3 is 24.3 Å². The van der Waals surface area contributed by atoms with Crippen molar-refractivity contribution in [2.75, 3.05) is 25.0 Å². The van der Waals surface area contributed by atoms with Crippen molar-refractivity contribution in [3.8, 4) is 11.3 Å². The summed E-state index contributed by atoms with van der Waals surface area (Å²) in [6, 6.07) is 4.08. The van der Waals surface area contributed by atoms with Crippen LogP contribution >= 0.6 is 11.6 Å². The molecule has 2 aromatic heterocycles. The van der Waals surface area contributed by atoms with Crippen LogP contribution in [0.3, 0.4) is 0 Å². The van der Waals surface area contributed by atoms with Crippen molar-refractivity contribution >= 4 is 48.3 Å². The van der Waals surface area contributed by atoms with Crippen molar-refractivity contribution in [2.45, 2.75) is 77.7 Å². The Morgan fingerprint density at radius 1 is 1.32 bits per heavy atom. The molecule has 1 fully saturated rings. The standard InChI is InChI=1S/C29H38ClFN6O3Si/c1-29(2,3)40-28(38)36-12-8-9-19(16-36)34-27-33-15-22(30)25(35-27)21-17-37(18-39-13-14-41(5,6)7)26-20(21)10-11-23(32-4)24(26)31/h10-11,15,17,19H,8-9,12-14,16,18H2,1-3,5-7H3,(H,33,34,35)/t19-/m0/s1. The highest BCUT2D eigenvalue weighted by molar-refractivity contribution is 6.76.